The Morgan fingerprint density at radius 3 is 2.64 bits per heavy atom. The number of rotatable bonds is 5. The first-order valence-electron chi connectivity index (χ1n) is 8.49. The highest BCUT2D eigenvalue weighted by Gasteiger charge is 2.29. The maximum Gasteiger partial charge on any atom is 0.332 e. The fourth-order valence-electron chi connectivity index (χ4n) is 3.28. The summed E-state index contributed by atoms with van der Waals surface area (Å²) in [6, 6.07) is 0. The normalized spacial score (nSPS) is 15.0. The standard InChI is InChI=1S/C16H23N5O4/c1-10(22)6-4-5-7-21-14(24)12-13(18(3)16(21)25)17-15-19(11(2)23)8-9-20(12)15/h10,22H,4-9H2,1-3H3/t10-/m1/s1. The van der Waals surface area contributed by atoms with Crippen LogP contribution in [0.5, 0.6) is 0 Å². The lowest BCUT2D eigenvalue weighted by Gasteiger charge is -2.10. The van der Waals surface area contributed by atoms with Crippen LogP contribution in [0.25, 0.3) is 11.2 Å². The predicted molar refractivity (Wildman–Crippen MR) is 92.8 cm³/mol. The van der Waals surface area contributed by atoms with E-state index in [4.69, 9.17) is 0 Å². The van der Waals surface area contributed by atoms with E-state index in [9.17, 15) is 19.5 Å². The van der Waals surface area contributed by atoms with Crippen LogP contribution in [0.3, 0.4) is 0 Å². The van der Waals surface area contributed by atoms with Crippen LogP contribution in [0.2, 0.25) is 0 Å². The van der Waals surface area contributed by atoms with Gasteiger partial charge in [-0.2, -0.15) is 4.98 Å². The molecule has 3 rings (SSSR count). The van der Waals surface area contributed by atoms with Crippen LogP contribution < -0.4 is 16.1 Å². The van der Waals surface area contributed by atoms with Crippen molar-refractivity contribution >= 4 is 23.0 Å². The summed E-state index contributed by atoms with van der Waals surface area (Å²) < 4.78 is 4.29. The molecule has 2 aromatic heterocycles. The molecular formula is C16H23N5O4. The molecule has 25 heavy (non-hydrogen) atoms. The minimum Gasteiger partial charge on any atom is -0.393 e. The van der Waals surface area contributed by atoms with E-state index in [2.05, 4.69) is 4.98 Å². The number of unbranched alkanes of at least 4 members (excludes halogenated alkanes) is 1. The number of aryl methyl sites for hydroxylation is 1. The molecule has 2 aromatic rings. The van der Waals surface area contributed by atoms with Gasteiger partial charge in [0.25, 0.3) is 5.56 Å². The van der Waals surface area contributed by atoms with Gasteiger partial charge >= 0.3 is 5.69 Å². The minimum absolute atomic E-state index is 0.141. The first-order chi connectivity index (χ1) is 11.8. The molecule has 1 atom stereocenters. The SMILES string of the molecule is CC(=O)N1CCn2c1nc1c2c(=O)n(CCCC[C@@H](C)O)c(=O)n1C. The number of fused-ring (bicyclic) bond motifs is 3. The fraction of sp³-hybridized carbons (Fsp3) is 0.625. The lowest BCUT2D eigenvalue weighted by Crippen LogP contribution is -2.39. The highest BCUT2D eigenvalue weighted by atomic mass is 16.3. The zero-order valence-corrected chi connectivity index (χ0v) is 14.7. The summed E-state index contributed by atoms with van der Waals surface area (Å²) in [5, 5.41) is 9.31. The first-order valence-corrected chi connectivity index (χ1v) is 8.49. The molecule has 9 nitrogen and oxygen atoms in total. The maximum atomic E-state index is 12.9. The smallest absolute Gasteiger partial charge is 0.332 e. The number of aliphatic hydroxyl groups is 1. The maximum absolute atomic E-state index is 12.9. The molecule has 0 saturated carbocycles. The van der Waals surface area contributed by atoms with Gasteiger partial charge in [0.2, 0.25) is 11.9 Å². The molecule has 3 heterocycles. The number of hydrogen-bond donors (Lipinski definition) is 1. The molecule has 1 aliphatic rings. The summed E-state index contributed by atoms with van der Waals surface area (Å²) >= 11 is 0. The molecule has 1 aliphatic heterocycles. The Morgan fingerprint density at radius 1 is 1.28 bits per heavy atom. The van der Waals surface area contributed by atoms with Crippen molar-refractivity contribution in [1.82, 2.24) is 18.7 Å². The largest absolute Gasteiger partial charge is 0.393 e. The molecule has 9 heteroatoms. The van der Waals surface area contributed by atoms with Gasteiger partial charge in [0.1, 0.15) is 0 Å². The Bertz CT molecular complexity index is 937. The predicted octanol–water partition coefficient (Wildman–Crippen LogP) is -0.186. The Hall–Kier alpha value is -2.42. The van der Waals surface area contributed by atoms with Crippen LogP contribution in [0.15, 0.2) is 9.59 Å². The van der Waals surface area contributed by atoms with Crippen LogP contribution in [-0.4, -0.2) is 42.3 Å². The molecule has 136 valence electrons. The first kappa shape index (κ1) is 17.4. The summed E-state index contributed by atoms with van der Waals surface area (Å²) in [6.07, 6.45) is 1.60. The van der Waals surface area contributed by atoms with Gasteiger partial charge in [-0.05, 0) is 26.2 Å². The Labute approximate surface area is 144 Å². The third-order valence-electron chi connectivity index (χ3n) is 4.63. The van der Waals surface area contributed by atoms with Crippen molar-refractivity contribution in [2.75, 3.05) is 11.4 Å². The van der Waals surface area contributed by atoms with Crippen molar-refractivity contribution in [3.05, 3.63) is 20.8 Å². The second-order valence-corrected chi connectivity index (χ2v) is 6.55. The van der Waals surface area contributed by atoms with Gasteiger partial charge in [-0.3, -0.25) is 23.6 Å². The Kier molecular flexibility index (Phi) is 4.51. The number of aromatic nitrogens is 4. The third kappa shape index (κ3) is 2.88. The van der Waals surface area contributed by atoms with Crippen LogP contribution in [-0.2, 0) is 24.9 Å². The molecule has 0 bridgehead atoms. The average Bonchev–Trinajstić information content (AvgIpc) is 3.10. The number of nitrogens with zero attached hydrogens (tertiary/aromatic N) is 5. The lowest BCUT2D eigenvalue weighted by molar-refractivity contribution is -0.116. The monoisotopic (exact) mass is 349 g/mol. The summed E-state index contributed by atoms with van der Waals surface area (Å²) in [7, 11) is 1.58. The van der Waals surface area contributed by atoms with Crippen molar-refractivity contribution < 1.29 is 9.90 Å². The average molecular weight is 349 g/mol. The van der Waals surface area contributed by atoms with E-state index in [1.54, 1.807) is 18.5 Å². The highest BCUT2D eigenvalue weighted by Crippen LogP contribution is 2.24. The second kappa shape index (κ2) is 6.47. The molecule has 0 fully saturated rings. The summed E-state index contributed by atoms with van der Waals surface area (Å²) in [6.45, 7) is 4.43. The van der Waals surface area contributed by atoms with Crippen LogP contribution in [0, 0.1) is 0 Å². The summed E-state index contributed by atoms with van der Waals surface area (Å²) in [5.41, 5.74) is -0.132. The van der Waals surface area contributed by atoms with E-state index < -0.39 is 11.8 Å². The van der Waals surface area contributed by atoms with Crippen molar-refractivity contribution in [2.24, 2.45) is 7.05 Å². The zero-order valence-electron chi connectivity index (χ0n) is 14.7. The fourth-order valence-corrected chi connectivity index (χ4v) is 3.28. The number of hydrogen-bond acceptors (Lipinski definition) is 5. The molecule has 0 spiro atoms. The van der Waals surface area contributed by atoms with Gasteiger partial charge in [0.05, 0.1) is 6.10 Å². The molecule has 1 amide bonds. The van der Waals surface area contributed by atoms with E-state index in [0.717, 1.165) is 6.42 Å². The van der Waals surface area contributed by atoms with Gasteiger partial charge in [0.15, 0.2) is 11.2 Å². The Balaban J connectivity index is 2.05. The Morgan fingerprint density at radius 2 is 2.00 bits per heavy atom. The number of aliphatic hydroxyl groups excluding tert-OH is 1. The van der Waals surface area contributed by atoms with Crippen molar-refractivity contribution in [1.29, 1.82) is 0 Å². The third-order valence-corrected chi connectivity index (χ3v) is 4.63. The van der Waals surface area contributed by atoms with Gasteiger partial charge < -0.3 is 9.67 Å². The molecule has 1 N–H and O–H groups in total. The summed E-state index contributed by atoms with van der Waals surface area (Å²) in [4.78, 5) is 43.0. The van der Waals surface area contributed by atoms with Gasteiger partial charge in [0, 0.05) is 33.6 Å². The molecule has 0 unspecified atom stereocenters. The number of carbonyl (C=O) groups excluding carboxylic acids is 1. The molecule has 0 aliphatic carbocycles. The van der Waals surface area contributed by atoms with E-state index in [-0.39, 0.29) is 11.5 Å². The summed E-state index contributed by atoms with van der Waals surface area (Å²) in [5.74, 6) is 0.277. The van der Waals surface area contributed by atoms with E-state index in [1.165, 1.54) is 21.0 Å². The van der Waals surface area contributed by atoms with Crippen LogP contribution in [0.1, 0.15) is 33.1 Å². The second-order valence-electron chi connectivity index (χ2n) is 6.55. The van der Waals surface area contributed by atoms with Gasteiger partial charge in [-0.15, -0.1) is 0 Å². The van der Waals surface area contributed by atoms with Crippen LogP contribution in [0.4, 0.5) is 5.95 Å². The van der Waals surface area contributed by atoms with Crippen LogP contribution >= 0.6 is 0 Å². The van der Waals surface area contributed by atoms with Gasteiger partial charge in [-0.1, -0.05) is 0 Å². The molecule has 0 aromatic carbocycles. The van der Waals surface area contributed by atoms with Crippen molar-refractivity contribution in [3.8, 4) is 0 Å². The molecule has 0 radical (unpaired) electrons. The molecule has 0 saturated heterocycles. The quantitative estimate of drug-likeness (QED) is 0.754. The van der Waals surface area contributed by atoms with E-state index >= 15 is 0 Å². The number of anilines is 1. The van der Waals surface area contributed by atoms with Gasteiger partial charge in [-0.25, -0.2) is 4.79 Å². The topological polar surface area (TPSA) is 102 Å². The number of carbonyl (C=O) groups is 1. The van der Waals surface area contributed by atoms with E-state index in [0.29, 0.717) is 49.6 Å². The lowest BCUT2D eigenvalue weighted by atomic mass is 10.2. The number of amides is 1. The van der Waals surface area contributed by atoms with Crippen molar-refractivity contribution in [2.45, 2.75) is 52.3 Å². The van der Waals surface area contributed by atoms with Crippen molar-refractivity contribution in [3.63, 3.8) is 0 Å². The van der Waals surface area contributed by atoms with E-state index in [1.807, 2.05) is 0 Å². The number of imidazole rings is 1. The minimum atomic E-state index is -0.416. The highest BCUT2D eigenvalue weighted by molar-refractivity contribution is 5.92. The zero-order chi connectivity index (χ0) is 18.3. The molecular weight excluding hydrogens is 326 g/mol.